The van der Waals surface area contributed by atoms with Crippen molar-refractivity contribution in [2.24, 2.45) is 0 Å². The average molecular weight is 519 g/mol. The number of aromatic nitrogens is 3. The Morgan fingerprint density at radius 1 is 1.21 bits per heavy atom. The van der Waals surface area contributed by atoms with Crippen molar-refractivity contribution in [1.82, 2.24) is 19.7 Å². The predicted octanol–water partition coefficient (Wildman–Crippen LogP) is 3.20. The van der Waals surface area contributed by atoms with Gasteiger partial charge in [0.25, 0.3) is 11.8 Å². The smallest absolute Gasteiger partial charge is 0.417 e. The van der Waals surface area contributed by atoms with Crippen molar-refractivity contribution in [2.75, 3.05) is 24.7 Å². The van der Waals surface area contributed by atoms with Crippen LogP contribution < -0.4 is 4.90 Å². The van der Waals surface area contributed by atoms with Gasteiger partial charge in [0.1, 0.15) is 18.0 Å². The third-order valence-corrected chi connectivity index (χ3v) is 5.93. The first-order valence-electron chi connectivity index (χ1n) is 11.8. The second-order valence-electron chi connectivity index (χ2n) is 9.71. The zero-order chi connectivity index (χ0) is 27.2. The fourth-order valence-corrected chi connectivity index (χ4v) is 4.29. The van der Waals surface area contributed by atoms with Crippen LogP contribution in [0.1, 0.15) is 42.4 Å². The molecule has 5 rings (SSSR count). The number of amides is 3. The maximum Gasteiger partial charge on any atom is 0.417 e. The lowest BCUT2D eigenvalue weighted by molar-refractivity contribution is -0.125. The van der Waals surface area contributed by atoms with Crippen LogP contribution in [0, 0.1) is 17.1 Å². The van der Waals surface area contributed by atoms with Crippen molar-refractivity contribution in [2.45, 2.75) is 32.9 Å². The Morgan fingerprint density at radius 3 is 2.71 bits per heavy atom. The maximum atomic E-state index is 14.9. The minimum absolute atomic E-state index is 0.0436. The number of morpholine rings is 1. The van der Waals surface area contributed by atoms with Gasteiger partial charge in [-0.3, -0.25) is 14.5 Å². The highest BCUT2D eigenvalue weighted by Crippen LogP contribution is 2.34. The van der Waals surface area contributed by atoms with Crippen LogP contribution in [0.5, 0.6) is 0 Å². The second-order valence-corrected chi connectivity index (χ2v) is 9.71. The third kappa shape index (κ3) is 4.48. The van der Waals surface area contributed by atoms with Crippen LogP contribution >= 0.6 is 0 Å². The molecule has 3 aromatic rings. The number of nitriles is 1. The van der Waals surface area contributed by atoms with E-state index in [0.717, 1.165) is 4.90 Å². The Labute approximate surface area is 217 Å². The molecular formula is C26H23FN6O5. The molecule has 3 amide bonds. The fourth-order valence-electron chi connectivity index (χ4n) is 4.29. The van der Waals surface area contributed by atoms with Gasteiger partial charge >= 0.3 is 6.09 Å². The number of ether oxygens (including phenoxy) is 2. The lowest BCUT2D eigenvalue weighted by Crippen LogP contribution is -2.41. The number of benzene rings is 1. The quantitative estimate of drug-likeness (QED) is 0.517. The number of rotatable bonds is 3. The average Bonchev–Trinajstić information content (AvgIpc) is 3.48. The van der Waals surface area contributed by atoms with E-state index in [2.05, 4.69) is 10.1 Å². The molecule has 1 fully saturated rings. The number of hydrogen-bond acceptors (Lipinski definition) is 8. The summed E-state index contributed by atoms with van der Waals surface area (Å²) in [6.07, 6.45) is 0.699. The molecule has 194 valence electrons. The monoisotopic (exact) mass is 518 g/mol. The van der Waals surface area contributed by atoms with E-state index in [4.69, 9.17) is 9.47 Å². The number of pyridine rings is 1. The highest BCUT2D eigenvalue weighted by atomic mass is 19.1. The van der Waals surface area contributed by atoms with Crippen LogP contribution in [-0.4, -0.2) is 62.9 Å². The SMILES string of the molecule is CC(C)(C)OC(=O)N1Cc2nc(-c3c(F)cccc3C#N)cc(-n3ccc(N4CCOCC4=O)n3)c2C1=O. The van der Waals surface area contributed by atoms with Gasteiger partial charge in [0.15, 0.2) is 5.82 Å². The summed E-state index contributed by atoms with van der Waals surface area (Å²) in [6.45, 7) is 5.41. The Hall–Kier alpha value is -4.63. The largest absolute Gasteiger partial charge is 0.443 e. The molecule has 0 aliphatic carbocycles. The van der Waals surface area contributed by atoms with Crippen molar-refractivity contribution in [1.29, 1.82) is 5.26 Å². The zero-order valence-corrected chi connectivity index (χ0v) is 20.9. The molecule has 0 saturated carbocycles. The topological polar surface area (TPSA) is 131 Å². The van der Waals surface area contributed by atoms with Crippen LogP contribution in [-0.2, 0) is 20.8 Å². The van der Waals surface area contributed by atoms with E-state index >= 15 is 0 Å². The standard InChI is InChI=1S/C26H23FN6O5/c1-26(2,3)38-25(36)32-13-18-23(24(32)35)19(11-17(29-18)22-15(12-28)5-4-6-16(22)27)33-8-7-20(30-33)31-9-10-37-14-21(31)34/h4-8,11H,9-10,13-14H2,1-3H3. The van der Waals surface area contributed by atoms with Gasteiger partial charge in [-0.25, -0.2) is 23.8 Å². The summed E-state index contributed by atoms with van der Waals surface area (Å²) in [7, 11) is 0. The first-order valence-corrected chi connectivity index (χ1v) is 11.8. The zero-order valence-electron chi connectivity index (χ0n) is 20.9. The molecule has 38 heavy (non-hydrogen) atoms. The van der Waals surface area contributed by atoms with Crippen molar-refractivity contribution >= 4 is 23.7 Å². The lowest BCUT2D eigenvalue weighted by Gasteiger charge is -2.24. The summed E-state index contributed by atoms with van der Waals surface area (Å²) >= 11 is 0. The van der Waals surface area contributed by atoms with Gasteiger partial charge in [-0.1, -0.05) is 6.07 Å². The maximum absolute atomic E-state index is 14.9. The third-order valence-electron chi connectivity index (χ3n) is 5.93. The molecule has 0 radical (unpaired) electrons. The molecule has 12 heteroatoms. The minimum Gasteiger partial charge on any atom is -0.443 e. The van der Waals surface area contributed by atoms with E-state index < -0.39 is 23.4 Å². The Kier molecular flexibility index (Phi) is 6.16. The number of hydrogen-bond donors (Lipinski definition) is 0. The van der Waals surface area contributed by atoms with Crippen molar-refractivity contribution in [3.05, 3.63) is 59.2 Å². The van der Waals surface area contributed by atoms with Gasteiger partial charge < -0.3 is 9.47 Å². The van der Waals surface area contributed by atoms with Gasteiger partial charge in [0.05, 0.1) is 59.5 Å². The number of carbonyl (C=O) groups is 3. The minimum atomic E-state index is -0.850. The molecule has 1 aromatic carbocycles. The number of fused-ring (bicyclic) bond motifs is 1. The fraction of sp³-hybridized carbons (Fsp3) is 0.308. The molecule has 0 spiro atoms. The van der Waals surface area contributed by atoms with Gasteiger partial charge in [-0.15, -0.1) is 5.10 Å². The Morgan fingerprint density at radius 2 is 2.00 bits per heavy atom. The van der Waals surface area contributed by atoms with E-state index in [1.807, 2.05) is 6.07 Å². The Balaban J connectivity index is 1.65. The van der Waals surface area contributed by atoms with E-state index in [1.165, 1.54) is 33.8 Å². The molecule has 0 unspecified atom stereocenters. The highest BCUT2D eigenvalue weighted by Gasteiger charge is 2.39. The summed E-state index contributed by atoms with van der Waals surface area (Å²) < 4.78 is 26.9. The molecular weight excluding hydrogens is 495 g/mol. The molecule has 4 heterocycles. The van der Waals surface area contributed by atoms with E-state index in [-0.39, 0.29) is 52.8 Å². The highest BCUT2D eigenvalue weighted by molar-refractivity contribution is 6.08. The van der Waals surface area contributed by atoms with Crippen LogP contribution in [0.3, 0.4) is 0 Å². The van der Waals surface area contributed by atoms with Crippen LogP contribution in [0.2, 0.25) is 0 Å². The summed E-state index contributed by atoms with van der Waals surface area (Å²) in [5.74, 6) is -1.25. The number of nitrogens with zero attached hydrogens (tertiary/aromatic N) is 6. The molecule has 11 nitrogen and oxygen atoms in total. The molecule has 2 aliphatic rings. The van der Waals surface area contributed by atoms with Crippen LogP contribution in [0.4, 0.5) is 15.0 Å². The van der Waals surface area contributed by atoms with Gasteiger partial charge in [-0.05, 0) is 39.0 Å². The molecule has 1 saturated heterocycles. The lowest BCUT2D eigenvalue weighted by atomic mass is 10.0. The normalized spacial score (nSPS) is 15.4. The van der Waals surface area contributed by atoms with Crippen LogP contribution in [0.25, 0.3) is 16.9 Å². The molecule has 2 aliphatic heterocycles. The van der Waals surface area contributed by atoms with Gasteiger partial charge in [0.2, 0.25) is 0 Å². The first-order chi connectivity index (χ1) is 18.1. The number of carbonyl (C=O) groups excluding carboxylic acids is 3. The molecule has 0 atom stereocenters. The van der Waals surface area contributed by atoms with Crippen molar-refractivity contribution < 1.29 is 28.2 Å². The molecule has 2 aromatic heterocycles. The summed E-state index contributed by atoms with van der Waals surface area (Å²) in [6, 6.07) is 9.09. The van der Waals surface area contributed by atoms with Gasteiger partial charge in [0, 0.05) is 12.3 Å². The number of halogens is 1. The molecule has 0 bridgehead atoms. The van der Waals surface area contributed by atoms with E-state index in [1.54, 1.807) is 33.0 Å². The summed E-state index contributed by atoms with van der Waals surface area (Å²) in [4.78, 5) is 45.4. The van der Waals surface area contributed by atoms with E-state index in [0.29, 0.717) is 19.0 Å². The van der Waals surface area contributed by atoms with Crippen LogP contribution in [0.15, 0.2) is 36.5 Å². The number of imide groups is 1. The van der Waals surface area contributed by atoms with Crippen molar-refractivity contribution in [3.8, 4) is 23.0 Å². The summed E-state index contributed by atoms with van der Waals surface area (Å²) in [5, 5.41) is 14.1. The van der Waals surface area contributed by atoms with Gasteiger partial charge in [-0.2, -0.15) is 5.26 Å². The first kappa shape index (κ1) is 25.0. The Bertz CT molecular complexity index is 1520. The second kappa shape index (κ2) is 9.35. The van der Waals surface area contributed by atoms with Crippen molar-refractivity contribution in [3.63, 3.8) is 0 Å². The summed E-state index contributed by atoms with van der Waals surface area (Å²) in [5.41, 5.74) is -0.261. The van der Waals surface area contributed by atoms with E-state index in [9.17, 15) is 24.0 Å². The number of anilines is 1. The molecule has 0 N–H and O–H groups in total. The predicted molar refractivity (Wildman–Crippen MR) is 131 cm³/mol.